The normalized spacial score (nSPS) is 21.0. The Morgan fingerprint density at radius 3 is 2.47 bits per heavy atom. The van der Waals surface area contributed by atoms with Crippen molar-refractivity contribution in [3.63, 3.8) is 0 Å². The molecule has 1 unspecified atom stereocenters. The molecule has 1 rings (SSSR count). The summed E-state index contributed by atoms with van der Waals surface area (Å²) in [6.45, 7) is 2.45. The summed E-state index contributed by atoms with van der Waals surface area (Å²) in [5.41, 5.74) is 0. The minimum absolute atomic E-state index is 0.0641. The fraction of sp³-hybridized carbons (Fsp3) is 0.700. The lowest BCUT2D eigenvalue weighted by atomic mass is 10.2. The Morgan fingerprint density at radius 1 is 1.41 bits per heavy atom. The Balaban J connectivity index is 2.57. The topological polar surface area (TPSA) is 107 Å². The van der Waals surface area contributed by atoms with Crippen molar-refractivity contribution in [2.45, 2.75) is 38.3 Å². The molecule has 1 aliphatic heterocycles. The molecule has 17 heavy (non-hydrogen) atoms. The summed E-state index contributed by atoms with van der Waals surface area (Å²) in [6, 6.07) is -1.83. The van der Waals surface area contributed by atoms with Gasteiger partial charge in [0.25, 0.3) is 0 Å². The first-order valence-corrected chi connectivity index (χ1v) is 5.43. The lowest BCUT2D eigenvalue weighted by molar-refractivity contribution is -0.145. The van der Waals surface area contributed by atoms with Crippen LogP contribution < -0.4 is 5.32 Å². The summed E-state index contributed by atoms with van der Waals surface area (Å²) >= 11 is 0. The molecule has 3 N–H and O–H groups in total. The van der Waals surface area contributed by atoms with E-state index in [-0.39, 0.29) is 6.04 Å². The Kier molecular flexibility index (Phi) is 4.30. The standard InChI is InChI=1S/C10H16N2O5/c1-6-3-2-4-12(6)10(17)11-7(9(15)16)5-8(13)14/h6-7H,2-5H2,1H3,(H,11,17)(H,13,14)(H,15,16)/t6?,7-/m1/s1. The van der Waals surface area contributed by atoms with Gasteiger partial charge in [-0.15, -0.1) is 0 Å². The molecule has 0 spiro atoms. The molecule has 2 atom stereocenters. The van der Waals surface area contributed by atoms with Gasteiger partial charge in [-0.25, -0.2) is 9.59 Å². The molecule has 1 saturated heterocycles. The predicted molar refractivity (Wildman–Crippen MR) is 57.6 cm³/mol. The van der Waals surface area contributed by atoms with Crippen molar-refractivity contribution >= 4 is 18.0 Å². The van der Waals surface area contributed by atoms with Gasteiger partial charge in [0.1, 0.15) is 6.04 Å². The second-order valence-electron chi connectivity index (χ2n) is 4.12. The van der Waals surface area contributed by atoms with Crippen LogP contribution in [-0.2, 0) is 9.59 Å². The number of hydrogen-bond donors (Lipinski definition) is 3. The zero-order chi connectivity index (χ0) is 13.0. The largest absolute Gasteiger partial charge is 0.481 e. The Hall–Kier alpha value is -1.79. The summed E-state index contributed by atoms with van der Waals surface area (Å²) in [6.07, 6.45) is 1.14. The maximum absolute atomic E-state index is 11.7. The molecule has 0 radical (unpaired) electrons. The molecular weight excluding hydrogens is 228 g/mol. The van der Waals surface area contributed by atoms with Crippen LogP contribution in [0.3, 0.4) is 0 Å². The molecule has 1 fully saturated rings. The lowest BCUT2D eigenvalue weighted by Gasteiger charge is -2.23. The third-order valence-corrected chi connectivity index (χ3v) is 2.79. The minimum Gasteiger partial charge on any atom is -0.481 e. The van der Waals surface area contributed by atoms with Crippen molar-refractivity contribution in [3.8, 4) is 0 Å². The van der Waals surface area contributed by atoms with Crippen LogP contribution in [0.4, 0.5) is 4.79 Å². The van der Waals surface area contributed by atoms with Crippen molar-refractivity contribution in [2.24, 2.45) is 0 Å². The van der Waals surface area contributed by atoms with Crippen LogP contribution in [0, 0.1) is 0 Å². The molecule has 0 aliphatic carbocycles. The highest BCUT2D eigenvalue weighted by atomic mass is 16.4. The van der Waals surface area contributed by atoms with Gasteiger partial charge in [0.05, 0.1) is 6.42 Å². The number of nitrogens with zero attached hydrogens (tertiary/aromatic N) is 1. The van der Waals surface area contributed by atoms with Gasteiger partial charge in [-0.2, -0.15) is 0 Å². The molecule has 0 bridgehead atoms. The van der Waals surface area contributed by atoms with Crippen molar-refractivity contribution in [1.82, 2.24) is 10.2 Å². The quantitative estimate of drug-likeness (QED) is 0.650. The first kappa shape index (κ1) is 13.3. The Morgan fingerprint density at radius 2 is 2.06 bits per heavy atom. The van der Waals surface area contributed by atoms with Crippen LogP contribution >= 0.6 is 0 Å². The fourth-order valence-corrected chi connectivity index (χ4v) is 1.84. The van der Waals surface area contributed by atoms with E-state index in [2.05, 4.69) is 5.32 Å². The molecule has 1 aliphatic rings. The first-order chi connectivity index (χ1) is 7.91. The number of hydrogen-bond acceptors (Lipinski definition) is 3. The van der Waals surface area contributed by atoms with Gasteiger partial charge in [0.2, 0.25) is 0 Å². The van der Waals surface area contributed by atoms with Gasteiger partial charge < -0.3 is 20.4 Å². The SMILES string of the molecule is CC1CCCN1C(=O)N[C@H](CC(=O)O)C(=O)O. The van der Waals surface area contributed by atoms with Crippen LogP contribution in [0.25, 0.3) is 0 Å². The van der Waals surface area contributed by atoms with E-state index < -0.39 is 30.4 Å². The van der Waals surface area contributed by atoms with Gasteiger partial charge in [0.15, 0.2) is 0 Å². The van der Waals surface area contributed by atoms with E-state index in [1.54, 1.807) is 0 Å². The summed E-state index contributed by atoms with van der Waals surface area (Å²) in [4.78, 5) is 34.5. The molecule has 7 nitrogen and oxygen atoms in total. The first-order valence-electron chi connectivity index (χ1n) is 5.43. The van der Waals surface area contributed by atoms with Crippen LogP contribution in [0.5, 0.6) is 0 Å². The number of carbonyl (C=O) groups excluding carboxylic acids is 1. The predicted octanol–water partition coefficient (Wildman–Crippen LogP) is 0.108. The summed E-state index contributed by atoms with van der Waals surface area (Å²) in [5.74, 6) is -2.60. The fourth-order valence-electron chi connectivity index (χ4n) is 1.84. The number of carbonyl (C=O) groups is 3. The summed E-state index contributed by atoms with van der Waals surface area (Å²) in [5, 5.41) is 19.5. The molecule has 7 heteroatoms. The number of carboxylic acid groups (broad SMARTS) is 2. The van der Waals surface area contributed by atoms with E-state index in [0.717, 1.165) is 12.8 Å². The van der Waals surface area contributed by atoms with Crippen molar-refractivity contribution < 1.29 is 24.6 Å². The zero-order valence-electron chi connectivity index (χ0n) is 9.55. The van der Waals surface area contributed by atoms with Crippen LogP contribution in [0.1, 0.15) is 26.2 Å². The minimum atomic E-state index is -1.38. The molecule has 0 aromatic heterocycles. The number of aliphatic carboxylic acids is 2. The van der Waals surface area contributed by atoms with E-state index in [9.17, 15) is 14.4 Å². The Bertz CT molecular complexity index is 331. The smallest absolute Gasteiger partial charge is 0.326 e. The molecule has 0 saturated carbocycles. The van der Waals surface area contributed by atoms with E-state index >= 15 is 0 Å². The molecular formula is C10H16N2O5. The summed E-state index contributed by atoms with van der Waals surface area (Å²) < 4.78 is 0. The van der Waals surface area contributed by atoms with Gasteiger partial charge in [-0.3, -0.25) is 4.79 Å². The van der Waals surface area contributed by atoms with Crippen molar-refractivity contribution in [3.05, 3.63) is 0 Å². The number of amides is 2. The number of urea groups is 1. The molecule has 96 valence electrons. The highest BCUT2D eigenvalue weighted by Crippen LogP contribution is 2.16. The number of carboxylic acids is 2. The van der Waals surface area contributed by atoms with Gasteiger partial charge in [0, 0.05) is 12.6 Å². The molecule has 0 aromatic rings. The van der Waals surface area contributed by atoms with E-state index in [1.807, 2.05) is 6.92 Å². The zero-order valence-corrected chi connectivity index (χ0v) is 9.55. The highest BCUT2D eigenvalue weighted by molar-refractivity contribution is 5.86. The van der Waals surface area contributed by atoms with Crippen molar-refractivity contribution in [2.75, 3.05) is 6.54 Å². The van der Waals surface area contributed by atoms with E-state index in [0.29, 0.717) is 6.54 Å². The van der Waals surface area contributed by atoms with Crippen LogP contribution in [-0.4, -0.2) is 51.7 Å². The lowest BCUT2D eigenvalue weighted by Crippen LogP contribution is -2.49. The van der Waals surface area contributed by atoms with Crippen LogP contribution in [0.15, 0.2) is 0 Å². The maximum atomic E-state index is 11.7. The second kappa shape index (κ2) is 5.51. The van der Waals surface area contributed by atoms with E-state index in [4.69, 9.17) is 10.2 Å². The van der Waals surface area contributed by atoms with Crippen LogP contribution in [0.2, 0.25) is 0 Å². The number of likely N-dealkylation sites (tertiary alicyclic amines) is 1. The van der Waals surface area contributed by atoms with Gasteiger partial charge in [-0.05, 0) is 19.8 Å². The highest BCUT2D eigenvalue weighted by Gasteiger charge is 2.29. The third kappa shape index (κ3) is 3.61. The third-order valence-electron chi connectivity index (χ3n) is 2.79. The average molecular weight is 244 g/mol. The maximum Gasteiger partial charge on any atom is 0.326 e. The molecule has 2 amide bonds. The van der Waals surface area contributed by atoms with Crippen molar-refractivity contribution in [1.29, 1.82) is 0 Å². The molecule has 0 aromatic carbocycles. The Labute approximate surface area is 98.4 Å². The second-order valence-corrected chi connectivity index (χ2v) is 4.12. The van der Waals surface area contributed by atoms with Gasteiger partial charge >= 0.3 is 18.0 Å². The van der Waals surface area contributed by atoms with E-state index in [1.165, 1.54) is 4.90 Å². The number of nitrogens with one attached hydrogen (secondary N) is 1. The molecule has 1 heterocycles. The monoisotopic (exact) mass is 244 g/mol. The average Bonchev–Trinajstić information content (AvgIpc) is 2.62. The number of rotatable bonds is 4. The van der Waals surface area contributed by atoms with Gasteiger partial charge in [-0.1, -0.05) is 0 Å². The summed E-state index contributed by atoms with van der Waals surface area (Å²) in [7, 11) is 0.